The molecule has 0 atom stereocenters. The van der Waals surface area contributed by atoms with E-state index in [1.165, 1.54) is 5.56 Å². The summed E-state index contributed by atoms with van der Waals surface area (Å²) in [5.74, 6) is 0.0488. The first kappa shape index (κ1) is 19.1. The number of morpholine rings is 1. The lowest BCUT2D eigenvalue weighted by atomic mass is 10.1. The third kappa shape index (κ3) is 4.03. The Morgan fingerprint density at radius 1 is 1.11 bits per heavy atom. The van der Waals surface area contributed by atoms with Crippen LogP contribution in [0.15, 0.2) is 48.8 Å². The summed E-state index contributed by atoms with van der Waals surface area (Å²) in [5, 5.41) is 0. The number of hydrogen-bond donors (Lipinski definition) is 0. The number of nitrogens with zero attached hydrogens (tertiary/aromatic N) is 3. The Morgan fingerprint density at radius 2 is 1.89 bits per heavy atom. The number of rotatable bonds is 3. The van der Waals surface area contributed by atoms with Gasteiger partial charge < -0.3 is 9.64 Å². The summed E-state index contributed by atoms with van der Waals surface area (Å²) < 4.78 is 7.38. The maximum Gasteiger partial charge on any atom is 0.254 e. The molecule has 1 aliphatic rings. The Hall–Kier alpha value is -2.66. The third-order valence-electron chi connectivity index (χ3n) is 4.69. The van der Waals surface area contributed by atoms with E-state index >= 15 is 0 Å². The number of ether oxygens (including phenoxy) is 1. The van der Waals surface area contributed by atoms with Gasteiger partial charge in [0.25, 0.3) is 5.91 Å². The van der Waals surface area contributed by atoms with Crippen molar-refractivity contribution in [2.45, 2.75) is 27.2 Å². The van der Waals surface area contributed by atoms with E-state index in [-0.39, 0.29) is 5.91 Å². The standard InChI is InChI=1S/C20H21N3O2.C2H6/c1-2-15-4-3-5-17(12-15)23-14-21-18-13-16(6-7-19(18)23)20(24)22-8-10-25-11-9-22;1-2/h3-7,12-14H,2,8-11H2,1H3;1-2H3. The highest BCUT2D eigenvalue weighted by Gasteiger charge is 2.19. The summed E-state index contributed by atoms with van der Waals surface area (Å²) in [6.45, 7) is 8.66. The lowest BCUT2D eigenvalue weighted by Gasteiger charge is -2.26. The SMILES string of the molecule is CC.CCc1cccc(-n2cnc3cc(C(=O)N4CCOCC4)ccc32)c1. The van der Waals surface area contributed by atoms with Crippen LogP contribution >= 0.6 is 0 Å². The fourth-order valence-corrected chi connectivity index (χ4v) is 3.23. The Kier molecular flexibility index (Phi) is 6.24. The van der Waals surface area contributed by atoms with Crippen molar-refractivity contribution in [2.75, 3.05) is 26.3 Å². The second-order valence-corrected chi connectivity index (χ2v) is 6.25. The molecule has 0 spiro atoms. The van der Waals surface area contributed by atoms with Crippen molar-refractivity contribution in [3.05, 3.63) is 59.9 Å². The molecule has 1 saturated heterocycles. The molecule has 1 aromatic heterocycles. The van der Waals surface area contributed by atoms with Gasteiger partial charge >= 0.3 is 0 Å². The first-order chi connectivity index (χ1) is 13.3. The van der Waals surface area contributed by atoms with Crippen molar-refractivity contribution in [1.29, 1.82) is 0 Å². The van der Waals surface area contributed by atoms with Gasteiger partial charge in [0.05, 0.1) is 24.2 Å². The van der Waals surface area contributed by atoms with Gasteiger partial charge in [0.2, 0.25) is 0 Å². The molecule has 0 aliphatic carbocycles. The van der Waals surface area contributed by atoms with E-state index in [4.69, 9.17) is 4.74 Å². The second-order valence-electron chi connectivity index (χ2n) is 6.25. The maximum absolute atomic E-state index is 12.6. The average Bonchev–Trinajstić information content (AvgIpc) is 3.18. The average molecular weight is 365 g/mol. The molecular formula is C22H27N3O2. The van der Waals surface area contributed by atoms with Crippen LogP contribution in [-0.4, -0.2) is 46.7 Å². The van der Waals surface area contributed by atoms with E-state index in [9.17, 15) is 4.79 Å². The second kappa shape index (κ2) is 8.82. The number of fused-ring (bicyclic) bond motifs is 1. The van der Waals surface area contributed by atoms with Gasteiger partial charge in [-0.25, -0.2) is 4.98 Å². The molecule has 0 saturated carbocycles. The first-order valence-corrected chi connectivity index (χ1v) is 9.69. The zero-order valence-electron chi connectivity index (χ0n) is 16.3. The summed E-state index contributed by atoms with van der Waals surface area (Å²) >= 11 is 0. The molecular weight excluding hydrogens is 338 g/mol. The molecule has 5 heteroatoms. The van der Waals surface area contributed by atoms with Crippen LogP contribution in [0.3, 0.4) is 0 Å². The Bertz CT molecular complexity index is 911. The van der Waals surface area contributed by atoms with E-state index in [0.717, 1.165) is 23.1 Å². The maximum atomic E-state index is 12.6. The van der Waals surface area contributed by atoms with Gasteiger partial charge in [-0.15, -0.1) is 0 Å². The number of aryl methyl sites for hydroxylation is 1. The number of carbonyl (C=O) groups excluding carboxylic acids is 1. The van der Waals surface area contributed by atoms with Crippen molar-refractivity contribution in [1.82, 2.24) is 14.5 Å². The predicted molar refractivity (Wildman–Crippen MR) is 109 cm³/mol. The van der Waals surface area contributed by atoms with Gasteiger partial charge in [0.1, 0.15) is 6.33 Å². The lowest BCUT2D eigenvalue weighted by Crippen LogP contribution is -2.40. The molecule has 2 heterocycles. The van der Waals surface area contributed by atoms with Crippen molar-refractivity contribution in [3.8, 4) is 5.69 Å². The van der Waals surface area contributed by atoms with Crippen LogP contribution in [-0.2, 0) is 11.2 Å². The highest BCUT2D eigenvalue weighted by atomic mass is 16.5. The Balaban J connectivity index is 0.00000102. The molecule has 3 aromatic rings. The number of carbonyl (C=O) groups is 1. The highest BCUT2D eigenvalue weighted by Crippen LogP contribution is 2.21. The van der Waals surface area contributed by atoms with Crippen molar-refractivity contribution in [3.63, 3.8) is 0 Å². The quantitative estimate of drug-likeness (QED) is 0.702. The van der Waals surface area contributed by atoms with E-state index < -0.39 is 0 Å². The minimum atomic E-state index is 0.0488. The number of aromatic nitrogens is 2. The molecule has 142 valence electrons. The minimum Gasteiger partial charge on any atom is -0.378 e. The third-order valence-corrected chi connectivity index (χ3v) is 4.69. The predicted octanol–water partition coefficient (Wildman–Crippen LogP) is 4.09. The molecule has 0 radical (unpaired) electrons. The molecule has 1 amide bonds. The normalized spacial score (nSPS) is 14.0. The van der Waals surface area contributed by atoms with E-state index in [1.54, 1.807) is 0 Å². The van der Waals surface area contributed by atoms with Gasteiger partial charge in [0.15, 0.2) is 0 Å². The van der Waals surface area contributed by atoms with E-state index in [0.29, 0.717) is 31.9 Å². The summed E-state index contributed by atoms with van der Waals surface area (Å²) in [4.78, 5) is 19.0. The molecule has 0 N–H and O–H groups in total. The topological polar surface area (TPSA) is 47.4 Å². The molecule has 1 fully saturated rings. The summed E-state index contributed by atoms with van der Waals surface area (Å²) in [6, 6.07) is 14.2. The zero-order chi connectivity index (χ0) is 19.2. The number of amides is 1. The van der Waals surface area contributed by atoms with Gasteiger partial charge in [0, 0.05) is 24.3 Å². The van der Waals surface area contributed by atoms with E-state index in [1.807, 2.05) is 43.3 Å². The van der Waals surface area contributed by atoms with E-state index in [2.05, 4.69) is 40.7 Å². The lowest BCUT2D eigenvalue weighted by molar-refractivity contribution is 0.0303. The van der Waals surface area contributed by atoms with Crippen LogP contribution in [0, 0.1) is 0 Å². The van der Waals surface area contributed by atoms with Crippen molar-refractivity contribution >= 4 is 16.9 Å². The summed E-state index contributed by atoms with van der Waals surface area (Å²) in [5.41, 5.74) is 4.90. The Morgan fingerprint density at radius 3 is 2.63 bits per heavy atom. The van der Waals surface area contributed by atoms with Crippen LogP contribution in [0.25, 0.3) is 16.7 Å². The molecule has 0 unspecified atom stereocenters. The number of hydrogen-bond acceptors (Lipinski definition) is 3. The van der Waals surface area contributed by atoms with Crippen molar-refractivity contribution in [2.24, 2.45) is 0 Å². The molecule has 4 rings (SSSR count). The van der Waals surface area contributed by atoms with Crippen molar-refractivity contribution < 1.29 is 9.53 Å². The molecule has 27 heavy (non-hydrogen) atoms. The monoisotopic (exact) mass is 365 g/mol. The summed E-state index contributed by atoms with van der Waals surface area (Å²) in [7, 11) is 0. The number of benzene rings is 2. The van der Waals surface area contributed by atoms with Gasteiger partial charge in [-0.05, 0) is 42.3 Å². The minimum absolute atomic E-state index is 0.0488. The highest BCUT2D eigenvalue weighted by molar-refractivity contribution is 5.97. The first-order valence-electron chi connectivity index (χ1n) is 9.69. The van der Waals surface area contributed by atoms with Gasteiger partial charge in [-0.3, -0.25) is 9.36 Å². The summed E-state index contributed by atoms with van der Waals surface area (Å²) in [6.07, 6.45) is 2.82. The molecule has 5 nitrogen and oxygen atoms in total. The van der Waals surface area contributed by atoms with Gasteiger partial charge in [-0.2, -0.15) is 0 Å². The van der Waals surface area contributed by atoms with Crippen LogP contribution in [0.4, 0.5) is 0 Å². The molecule has 1 aliphatic heterocycles. The Labute approximate surface area is 160 Å². The van der Waals surface area contributed by atoms with Crippen LogP contribution in [0.1, 0.15) is 36.7 Å². The fraction of sp³-hybridized carbons (Fsp3) is 0.364. The smallest absolute Gasteiger partial charge is 0.254 e. The molecule has 0 bridgehead atoms. The fourth-order valence-electron chi connectivity index (χ4n) is 3.23. The van der Waals surface area contributed by atoms with Crippen LogP contribution in [0.5, 0.6) is 0 Å². The van der Waals surface area contributed by atoms with Crippen LogP contribution < -0.4 is 0 Å². The van der Waals surface area contributed by atoms with Crippen LogP contribution in [0.2, 0.25) is 0 Å². The molecule has 2 aromatic carbocycles. The number of imidazole rings is 1. The zero-order valence-corrected chi connectivity index (χ0v) is 16.3. The van der Waals surface area contributed by atoms with Gasteiger partial charge in [-0.1, -0.05) is 32.9 Å². The largest absolute Gasteiger partial charge is 0.378 e.